The molecule has 1 atom stereocenters. The molecule has 0 spiro atoms. The molecule has 4 aromatic heterocycles. The van der Waals surface area contributed by atoms with Gasteiger partial charge in [-0.2, -0.15) is 23.1 Å². The molecule has 9 nitrogen and oxygen atoms in total. The van der Waals surface area contributed by atoms with Crippen LogP contribution in [0.2, 0.25) is 0 Å². The van der Waals surface area contributed by atoms with Gasteiger partial charge in [0.1, 0.15) is 17.2 Å². The number of benzene rings is 1. The quantitative estimate of drug-likeness (QED) is 0.302. The summed E-state index contributed by atoms with van der Waals surface area (Å²) in [7, 11) is 0. The lowest BCUT2D eigenvalue weighted by molar-refractivity contribution is 0.0698. The maximum absolute atomic E-state index is 13.7. The Bertz CT molecular complexity index is 1470. The standard InChI is InChI=1S/C22H17FN6O3.H2S/c23-13-5-12(7-24-8-13)18-6-20(29-21(28-18)16(10-27-29)22(31)32)26-11-19(30)15-9-25-17-4-2-1-3-14(15)17;/h1-10,19,25-26,30H,11H2,(H,31,32);1H2/t19-;/m0./s1. The average molecular weight is 466 g/mol. The summed E-state index contributed by atoms with van der Waals surface area (Å²) >= 11 is 0. The Morgan fingerprint density at radius 3 is 2.82 bits per heavy atom. The van der Waals surface area contributed by atoms with E-state index in [0.717, 1.165) is 22.7 Å². The Morgan fingerprint density at radius 2 is 2.03 bits per heavy atom. The number of hydrogen-bond donors (Lipinski definition) is 4. The molecule has 0 aliphatic heterocycles. The van der Waals surface area contributed by atoms with Gasteiger partial charge in [0.2, 0.25) is 0 Å². The van der Waals surface area contributed by atoms with Gasteiger partial charge in [0.05, 0.1) is 24.2 Å². The van der Waals surface area contributed by atoms with E-state index in [1.165, 1.54) is 23.0 Å². The highest BCUT2D eigenvalue weighted by Gasteiger charge is 2.19. The first kappa shape index (κ1) is 22.2. The van der Waals surface area contributed by atoms with Crippen molar-refractivity contribution in [2.45, 2.75) is 6.10 Å². The Balaban J connectivity index is 0.00000259. The fourth-order valence-corrected chi connectivity index (χ4v) is 3.62. The maximum Gasteiger partial charge on any atom is 0.341 e. The second kappa shape index (κ2) is 8.88. The number of pyridine rings is 1. The number of aromatic nitrogens is 5. The minimum Gasteiger partial charge on any atom is -0.477 e. The van der Waals surface area contributed by atoms with Gasteiger partial charge in [-0.3, -0.25) is 4.98 Å². The van der Waals surface area contributed by atoms with Gasteiger partial charge in [-0.05, 0) is 12.1 Å². The number of fused-ring (bicyclic) bond motifs is 2. The smallest absolute Gasteiger partial charge is 0.341 e. The largest absolute Gasteiger partial charge is 0.477 e. The van der Waals surface area contributed by atoms with Crippen LogP contribution in [-0.2, 0) is 0 Å². The van der Waals surface area contributed by atoms with Crippen LogP contribution in [0, 0.1) is 5.82 Å². The molecule has 0 amide bonds. The van der Waals surface area contributed by atoms with Crippen LogP contribution in [0.15, 0.2) is 61.2 Å². The predicted molar refractivity (Wildman–Crippen MR) is 125 cm³/mol. The van der Waals surface area contributed by atoms with Gasteiger partial charge in [-0.15, -0.1) is 0 Å². The molecule has 33 heavy (non-hydrogen) atoms. The SMILES string of the molecule is O=C(O)c1cnn2c(NC[C@H](O)c3c[nH]c4ccccc34)cc(-c3cncc(F)c3)nc12.S. The Kier molecular flexibility index (Phi) is 5.99. The number of aromatic carboxylic acids is 1. The molecule has 0 saturated carbocycles. The van der Waals surface area contributed by atoms with Gasteiger partial charge in [0, 0.05) is 47.0 Å². The van der Waals surface area contributed by atoms with E-state index < -0.39 is 17.9 Å². The Hall–Kier alpha value is -3.96. The third-order valence-electron chi connectivity index (χ3n) is 5.16. The van der Waals surface area contributed by atoms with Crippen molar-refractivity contribution in [3.05, 3.63) is 78.1 Å². The van der Waals surface area contributed by atoms with Crippen LogP contribution in [0.4, 0.5) is 10.2 Å². The van der Waals surface area contributed by atoms with Crippen LogP contribution in [0.1, 0.15) is 22.0 Å². The first-order valence-corrected chi connectivity index (χ1v) is 9.72. The summed E-state index contributed by atoms with van der Waals surface area (Å²) in [5.41, 5.74) is 2.31. The van der Waals surface area contributed by atoms with Crippen LogP contribution in [0.5, 0.6) is 0 Å². The van der Waals surface area contributed by atoms with E-state index in [2.05, 4.69) is 25.4 Å². The highest BCUT2D eigenvalue weighted by Crippen LogP contribution is 2.27. The fourth-order valence-electron chi connectivity index (χ4n) is 3.62. The summed E-state index contributed by atoms with van der Waals surface area (Å²) in [5.74, 6) is -1.34. The molecule has 5 aromatic rings. The number of carboxylic acids is 1. The number of carbonyl (C=O) groups is 1. The number of para-hydroxylation sites is 1. The number of hydrogen-bond acceptors (Lipinski definition) is 6. The van der Waals surface area contributed by atoms with Crippen molar-refractivity contribution < 1.29 is 19.4 Å². The van der Waals surface area contributed by atoms with Gasteiger partial charge in [-0.25, -0.2) is 14.2 Å². The van der Waals surface area contributed by atoms with Crippen molar-refractivity contribution in [2.24, 2.45) is 0 Å². The van der Waals surface area contributed by atoms with E-state index in [1.807, 2.05) is 24.3 Å². The van der Waals surface area contributed by atoms with E-state index in [-0.39, 0.29) is 31.3 Å². The lowest BCUT2D eigenvalue weighted by Gasteiger charge is -2.14. The van der Waals surface area contributed by atoms with E-state index in [0.29, 0.717) is 17.1 Å². The average Bonchev–Trinajstić information content (AvgIpc) is 3.41. The van der Waals surface area contributed by atoms with Crippen molar-refractivity contribution in [1.82, 2.24) is 24.6 Å². The number of rotatable bonds is 6. The fraction of sp³-hybridized carbons (Fsp3) is 0.0909. The number of H-pyrrole nitrogens is 1. The van der Waals surface area contributed by atoms with E-state index in [9.17, 15) is 19.4 Å². The zero-order chi connectivity index (χ0) is 22.2. The molecule has 5 rings (SSSR count). The summed E-state index contributed by atoms with van der Waals surface area (Å²) in [6.07, 6.45) is 4.59. The number of aliphatic hydroxyl groups is 1. The Labute approximate surface area is 193 Å². The molecular formula is C22H19FN6O3S. The van der Waals surface area contributed by atoms with Crippen LogP contribution in [-0.4, -0.2) is 47.3 Å². The van der Waals surface area contributed by atoms with E-state index in [1.54, 1.807) is 12.3 Å². The first-order chi connectivity index (χ1) is 15.5. The number of nitrogens with zero attached hydrogens (tertiary/aromatic N) is 4. The van der Waals surface area contributed by atoms with E-state index >= 15 is 0 Å². The van der Waals surface area contributed by atoms with Crippen molar-refractivity contribution in [1.29, 1.82) is 0 Å². The third kappa shape index (κ3) is 4.11. The van der Waals surface area contributed by atoms with Gasteiger partial charge in [0.15, 0.2) is 5.65 Å². The van der Waals surface area contributed by atoms with Crippen molar-refractivity contribution >= 4 is 41.8 Å². The Morgan fingerprint density at radius 1 is 1.21 bits per heavy atom. The number of anilines is 1. The molecule has 0 aliphatic rings. The summed E-state index contributed by atoms with van der Waals surface area (Å²) in [6.45, 7) is 0.115. The predicted octanol–water partition coefficient (Wildman–Crippen LogP) is 3.37. The first-order valence-electron chi connectivity index (χ1n) is 9.72. The van der Waals surface area contributed by atoms with Gasteiger partial charge < -0.3 is 20.5 Å². The lowest BCUT2D eigenvalue weighted by atomic mass is 10.1. The number of aromatic amines is 1. The number of carboxylic acid groups (broad SMARTS) is 1. The van der Waals surface area contributed by atoms with Crippen molar-refractivity contribution in [3.63, 3.8) is 0 Å². The zero-order valence-corrected chi connectivity index (χ0v) is 18.0. The third-order valence-corrected chi connectivity index (χ3v) is 5.16. The molecule has 11 heteroatoms. The molecule has 4 heterocycles. The normalized spacial score (nSPS) is 11.9. The molecule has 0 radical (unpaired) electrons. The molecule has 0 fully saturated rings. The topological polar surface area (TPSA) is 128 Å². The minimum absolute atomic E-state index is 0. The summed E-state index contributed by atoms with van der Waals surface area (Å²) in [4.78, 5) is 22.9. The molecule has 4 N–H and O–H groups in total. The van der Waals surface area contributed by atoms with Gasteiger partial charge in [0.25, 0.3) is 0 Å². The second-order valence-corrected chi connectivity index (χ2v) is 7.20. The second-order valence-electron chi connectivity index (χ2n) is 7.20. The molecular weight excluding hydrogens is 447 g/mol. The molecule has 1 aromatic carbocycles. The lowest BCUT2D eigenvalue weighted by Crippen LogP contribution is -2.15. The number of nitrogens with one attached hydrogen (secondary N) is 2. The van der Waals surface area contributed by atoms with Crippen molar-refractivity contribution in [3.8, 4) is 11.3 Å². The molecule has 0 saturated heterocycles. The molecule has 0 aliphatic carbocycles. The van der Waals surface area contributed by atoms with E-state index in [4.69, 9.17) is 0 Å². The maximum atomic E-state index is 13.7. The highest BCUT2D eigenvalue weighted by atomic mass is 32.1. The van der Waals surface area contributed by atoms with Crippen LogP contribution in [0.25, 0.3) is 27.8 Å². The summed E-state index contributed by atoms with van der Waals surface area (Å²) in [6, 6.07) is 10.5. The molecule has 0 bridgehead atoms. The van der Waals surface area contributed by atoms with Crippen LogP contribution in [0.3, 0.4) is 0 Å². The number of aliphatic hydroxyl groups excluding tert-OH is 1. The monoisotopic (exact) mass is 466 g/mol. The zero-order valence-electron chi connectivity index (χ0n) is 17.0. The minimum atomic E-state index is -1.19. The molecule has 168 valence electrons. The van der Waals surface area contributed by atoms with Gasteiger partial charge in [-0.1, -0.05) is 18.2 Å². The highest BCUT2D eigenvalue weighted by molar-refractivity contribution is 7.59. The summed E-state index contributed by atoms with van der Waals surface area (Å²) < 4.78 is 15.0. The number of halogens is 1. The summed E-state index contributed by atoms with van der Waals surface area (Å²) in [5, 5.41) is 28.4. The van der Waals surface area contributed by atoms with Crippen molar-refractivity contribution in [2.75, 3.05) is 11.9 Å². The molecule has 0 unspecified atom stereocenters. The van der Waals surface area contributed by atoms with Crippen LogP contribution < -0.4 is 5.32 Å². The van der Waals surface area contributed by atoms with Gasteiger partial charge >= 0.3 is 5.97 Å². The van der Waals surface area contributed by atoms with Crippen LogP contribution >= 0.6 is 13.5 Å².